The average molecular weight is 312 g/mol. The first kappa shape index (κ1) is 15.9. The van der Waals surface area contributed by atoms with Crippen LogP contribution in [0.15, 0.2) is 12.1 Å². The molecule has 1 aliphatic heterocycles. The summed E-state index contributed by atoms with van der Waals surface area (Å²) in [6, 6.07) is 1.46. The smallest absolute Gasteiger partial charge is 0.407 e. The van der Waals surface area contributed by atoms with Crippen LogP contribution in [0.4, 0.5) is 9.18 Å². The summed E-state index contributed by atoms with van der Waals surface area (Å²) in [5, 5.41) is 20.9. The molecule has 1 aliphatic rings. The van der Waals surface area contributed by atoms with Gasteiger partial charge in [0.1, 0.15) is 11.8 Å². The highest BCUT2D eigenvalue weighted by Gasteiger charge is 2.33. The monoisotopic (exact) mass is 312 g/mol. The number of rotatable bonds is 4. The van der Waals surface area contributed by atoms with E-state index in [0.717, 1.165) is 17.0 Å². The number of phenolic OH excluding ortho intramolecular Hbond substituents is 1. The first-order valence-electron chi connectivity index (χ1n) is 6.76. The third-order valence-electron chi connectivity index (χ3n) is 3.60. The maximum atomic E-state index is 13.4. The first-order valence-corrected chi connectivity index (χ1v) is 6.76. The molecule has 1 aromatic carbocycles. The number of nitrogens with one attached hydrogen (secondary N) is 1. The fourth-order valence-electron chi connectivity index (χ4n) is 2.48. The van der Waals surface area contributed by atoms with Crippen LogP contribution in [0.5, 0.6) is 11.5 Å². The minimum absolute atomic E-state index is 0.0246. The lowest BCUT2D eigenvalue weighted by molar-refractivity contribution is -0.125. The third kappa shape index (κ3) is 3.21. The van der Waals surface area contributed by atoms with E-state index in [2.05, 4.69) is 5.32 Å². The van der Waals surface area contributed by atoms with Gasteiger partial charge in [0, 0.05) is 24.7 Å². The number of benzene rings is 1. The molecule has 1 atom stereocenters. The van der Waals surface area contributed by atoms with Crippen molar-refractivity contribution in [3.8, 4) is 11.5 Å². The van der Waals surface area contributed by atoms with Gasteiger partial charge in [0.25, 0.3) is 0 Å². The number of phenols is 1. The van der Waals surface area contributed by atoms with Gasteiger partial charge in [0.05, 0.1) is 7.11 Å². The number of ether oxygens (including phenoxy) is 1. The Morgan fingerprint density at radius 2 is 2.23 bits per heavy atom. The Bertz CT molecular complexity index is 593. The number of carbonyl (C=O) groups is 2. The van der Waals surface area contributed by atoms with E-state index in [9.17, 15) is 19.1 Å². The highest BCUT2D eigenvalue weighted by atomic mass is 19.1. The molecule has 22 heavy (non-hydrogen) atoms. The van der Waals surface area contributed by atoms with E-state index in [1.165, 1.54) is 7.11 Å². The van der Waals surface area contributed by atoms with E-state index in [0.29, 0.717) is 24.9 Å². The third-order valence-corrected chi connectivity index (χ3v) is 3.60. The first-order chi connectivity index (χ1) is 10.4. The minimum Gasteiger partial charge on any atom is -0.505 e. The summed E-state index contributed by atoms with van der Waals surface area (Å²) in [5.74, 6) is -1.56. The number of hydrogen-bond acceptors (Lipinski definition) is 4. The number of halogens is 1. The maximum Gasteiger partial charge on any atom is 0.407 e. The molecular weight excluding hydrogens is 295 g/mol. The molecule has 1 saturated heterocycles. The number of methoxy groups -OCH3 is 1. The molecule has 3 N–H and O–H groups in total. The molecule has 1 fully saturated rings. The van der Waals surface area contributed by atoms with E-state index in [-0.39, 0.29) is 12.3 Å². The summed E-state index contributed by atoms with van der Waals surface area (Å²) in [7, 11) is 1.36. The molecule has 2 rings (SSSR count). The zero-order chi connectivity index (χ0) is 16.3. The van der Waals surface area contributed by atoms with Crippen LogP contribution in [-0.4, -0.2) is 46.8 Å². The van der Waals surface area contributed by atoms with Gasteiger partial charge < -0.3 is 20.3 Å². The van der Waals surface area contributed by atoms with Gasteiger partial charge in [-0.3, -0.25) is 9.69 Å². The van der Waals surface area contributed by atoms with Crippen molar-refractivity contribution in [1.82, 2.24) is 10.2 Å². The quantitative estimate of drug-likeness (QED) is 0.778. The second kappa shape index (κ2) is 6.50. The normalized spacial score (nSPS) is 17.4. The van der Waals surface area contributed by atoms with Crippen LogP contribution in [0.2, 0.25) is 0 Å². The van der Waals surface area contributed by atoms with Crippen molar-refractivity contribution in [3.63, 3.8) is 0 Å². The van der Waals surface area contributed by atoms with Crippen molar-refractivity contribution < 1.29 is 28.9 Å². The second-order valence-electron chi connectivity index (χ2n) is 4.97. The molecule has 0 bridgehead atoms. The highest BCUT2D eigenvalue weighted by molar-refractivity contribution is 5.85. The van der Waals surface area contributed by atoms with Gasteiger partial charge in [0.15, 0.2) is 11.6 Å². The van der Waals surface area contributed by atoms with Crippen molar-refractivity contribution in [2.24, 2.45) is 0 Å². The van der Waals surface area contributed by atoms with Gasteiger partial charge in [-0.2, -0.15) is 0 Å². The molecule has 7 nitrogen and oxygen atoms in total. The number of aromatic hydroxyl groups is 1. The molecule has 0 saturated carbocycles. The second-order valence-corrected chi connectivity index (χ2v) is 4.97. The molecule has 0 radical (unpaired) electrons. The minimum atomic E-state index is -1.13. The van der Waals surface area contributed by atoms with Crippen molar-refractivity contribution in [2.45, 2.75) is 25.4 Å². The summed E-state index contributed by atoms with van der Waals surface area (Å²) >= 11 is 0. The molecule has 8 heteroatoms. The van der Waals surface area contributed by atoms with Crippen molar-refractivity contribution in [1.29, 1.82) is 0 Å². The number of carbonyl (C=O) groups excluding carboxylic acids is 1. The van der Waals surface area contributed by atoms with Crippen molar-refractivity contribution in [3.05, 3.63) is 23.5 Å². The Kier molecular flexibility index (Phi) is 4.69. The summed E-state index contributed by atoms with van der Waals surface area (Å²) in [6.45, 7) is 0.299. The largest absolute Gasteiger partial charge is 0.505 e. The average Bonchev–Trinajstić information content (AvgIpc) is 2.97. The van der Waals surface area contributed by atoms with Crippen LogP contribution in [0.3, 0.4) is 0 Å². The number of nitrogens with zero attached hydrogens (tertiary/aromatic N) is 1. The van der Waals surface area contributed by atoms with Crippen LogP contribution in [-0.2, 0) is 11.3 Å². The Labute approximate surface area is 126 Å². The molecule has 0 aliphatic carbocycles. The molecular formula is C14H17FN2O5. The van der Waals surface area contributed by atoms with E-state index in [1.807, 2.05) is 0 Å². The highest BCUT2D eigenvalue weighted by Crippen LogP contribution is 2.27. The predicted molar refractivity (Wildman–Crippen MR) is 74.2 cm³/mol. The molecule has 1 heterocycles. The Morgan fingerprint density at radius 3 is 2.86 bits per heavy atom. The van der Waals surface area contributed by atoms with Crippen molar-refractivity contribution in [2.75, 3.05) is 13.7 Å². The standard InChI is InChI=1S/C14H17FN2O5/c1-22-12-6-11(18)9(15)5-8(12)7-16-13(19)10-3-2-4-17(10)14(20)21/h5-6,10,18H,2-4,7H2,1H3,(H,16,19)(H,20,21). The summed E-state index contributed by atoms with van der Waals surface area (Å²) < 4.78 is 18.4. The van der Waals surface area contributed by atoms with Gasteiger partial charge in [-0.15, -0.1) is 0 Å². The number of amides is 2. The van der Waals surface area contributed by atoms with E-state index >= 15 is 0 Å². The van der Waals surface area contributed by atoms with Crippen LogP contribution in [0.1, 0.15) is 18.4 Å². The number of carboxylic acid groups (broad SMARTS) is 1. The molecule has 1 aromatic rings. The molecule has 0 spiro atoms. The zero-order valence-electron chi connectivity index (χ0n) is 12.0. The van der Waals surface area contributed by atoms with Gasteiger partial charge in [-0.25, -0.2) is 9.18 Å². The van der Waals surface area contributed by atoms with Gasteiger partial charge in [-0.05, 0) is 18.9 Å². The zero-order valence-corrected chi connectivity index (χ0v) is 12.0. The maximum absolute atomic E-state index is 13.4. The lowest BCUT2D eigenvalue weighted by atomic mass is 10.1. The number of likely N-dealkylation sites (tertiary alicyclic amines) is 1. The van der Waals surface area contributed by atoms with Gasteiger partial charge in [0.2, 0.25) is 5.91 Å². The van der Waals surface area contributed by atoms with Gasteiger partial charge >= 0.3 is 6.09 Å². The molecule has 2 amide bonds. The van der Waals surface area contributed by atoms with Crippen LogP contribution in [0.25, 0.3) is 0 Å². The fourth-order valence-corrected chi connectivity index (χ4v) is 2.48. The lowest BCUT2D eigenvalue weighted by Crippen LogP contribution is -2.45. The molecule has 1 unspecified atom stereocenters. The van der Waals surface area contributed by atoms with Crippen molar-refractivity contribution >= 4 is 12.0 Å². The van der Waals surface area contributed by atoms with Crippen LogP contribution >= 0.6 is 0 Å². The van der Waals surface area contributed by atoms with Crippen LogP contribution < -0.4 is 10.1 Å². The predicted octanol–water partition coefficient (Wildman–Crippen LogP) is 1.30. The molecule has 0 aromatic heterocycles. The van der Waals surface area contributed by atoms with Crippen LogP contribution in [0, 0.1) is 5.82 Å². The van der Waals surface area contributed by atoms with E-state index < -0.39 is 29.6 Å². The summed E-state index contributed by atoms with van der Waals surface area (Å²) in [6.07, 6.45) is -0.0493. The summed E-state index contributed by atoms with van der Waals surface area (Å²) in [4.78, 5) is 24.2. The summed E-state index contributed by atoms with van der Waals surface area (Å²) in [5.41, 5.74) is 0.353. The Balaban J connectivity index is 2.05. The fraction of sp³-hybridized carbons (Fsp3) is 0.429. The Morgan fingerprint density at radius 1 is 1.50 bits per heavy atom. The lowest BCUT2D eigenvalue weighted by Gasteiger charge is -2.21. The Hall–Kier alpha value is -2.51. The number of hydrogen-bond donors (Lipinski definition) is 3. The topological polar surface area (TPSA) is 99.1 Å². The van der Waals surface area contributed by atoms with E-state index in [4.69, 9.17) is 9.84 Å². The molecule has 120 valence electrons. The van der Waals surface area contributed by atoms with E-state index in [1.54, 1.807) is 0 Å². The van der Waals surface area contributed by atoms with Gasteiger partial charge in [-0.1, -0.05) is 0 Å². The SMILES string of the molecule is COc1cc(O)c(F)cc1CNC(=O)C1CCCN1C(=O)O.